The van der Waals surface area contributed by atoms with Crippen LogP contribution in [0.5, 0.6) is 5.75 Å². The number of halogens is 2. The van der Waals surface area contributed by atoms with Crippen LogP contribution in [-0.4, -0.2) is 27.5 Å². The van der Waals surface area contributed by atoms with Crippen LogP contribution >= 0.6 is 0 Å². The summed E-state index contributed by atoms with van der Waals surface area (Å²) in [4.78, 5) is 13.6. The number of nitrogens with one attached hydrogen (secondary N) is 1. The van der Waals surface area contributed by atoms with Gasteiger partial charge in [0.2, 0.25) is 5.91 Å². The van der Waals surface area contributed by atoms with E-state index in [0.29, 0.717) is 18.0 Å². The maximum Gasteiger partial charge on any atom is 0.267 e. The molecule has 0 saturated heterocycles. The average molecular weight is 438 g/mol. The predicted octanol–water partition coefficient (Wildman–Crippen LogP) is 4.17. The lowest BCUT2D eigenvalue weighted by Crippen LogP contribution is -2.43. The minimum atomic E-state index is -4.51. The third kappa shape index (κ3) is 4.26. The first-order valence-corrected chi connectivity index (χ1v) is 11.0. The lowest BCUT2D eigenvalue weighted by molar-refractivity contribution is -0.127. The van der Waals surface area contributed by atoms with Gasteiger partial charge in [0, 0.05) is 12.6 Å². The van der Waals surface area contributed by atoms with Crippen molar-refractivity contribution in [2.75, 3.05) is 22.8 Å². The first kappa shape index (κ1) is 22.0. The van der Waals surface area contributed by atoms with Crippen LogP contribution in [0.25, 0.3) is 0 Å². The second-order valence-electron chi connectivity index (χ2n) is 8.32. The van der Waals surface area contributed by atoms with Gasteiger partial charge in [0.25, 0.3) is 10.0 Å². The maximum absolute atomic E-state index is 13.9. The first-order valence-electron chi connectivity index (χ1n) is 9.48. The van der Waals surface area contributed by atoms with Crippen molar-refractivity contribution in [3.8, 4) is 5.75 Å². The predicted molar refractivity (Wildman–Crippen MR) is 110 cm³/mol. The molecule has 9 heteroatoms. The first-order chi connectivity index (χ1) is 13.9. The summed E-state index contributed by atoms with van der Waals surface area (Å²) < 4.78 is 61.0. The number of nitrogens with zero attached hydrogens (tertiary/aromatic N) is 1. The van der Waals surface area contributed by atoms with Crippen molar-refractivity contribution in [2.45, 2.75) is 32.6 Å². The largest absolute Gasteiger partial charge is 0.490 e. The molecule has 0 aromatic heterocycles. The SMILES string of the molecule is CC(C)CN1C(=O)C(C)(C)COc2cc(NS(=O)(=O)c3c(F)cccc3F)ccc21. The summed E-state index contributed by atoms with van der Waals surface area (Å²) >= 11 is 0. The van der Waals surface area contributed by atoms with E-state index in [-0.39, 0.29) is 24.1 Å². The number of anilines is 2. The zero-order chi connectivity index (χ0) is 22.3. The smallest absolute Gasteiger partial charge is 0.267 e. The van der Waals surface area contributed by atoms with Gasteiger partial charge in [-0.05, 0) is 44.0 Å². The lowest BCUT2D eigenvalue weighted by atomic mass is 9.92. The number of carbonyl (C=O) groups excluding carboxylic acids is 1. The van der Waals surface area contributed by atoms with Crippen molar-refractivity contribution in [3.63, 3.8) is 0 Å². The highest BCUT2D eigenvalue weighted by molar-refractivity contribution is 7.92. The van der Waals surface area contributed by atoms with E-state index in [1.165, 1.54) is 12.1 Å². The fourth-order valence-corrected chi connectivity index (χ4v) is 4.39. The van der Waals surface area contributed by atoms with Crippen LogP contribution in [-0.2, 0) is 14.8 Å². The Bertz CT molecular complexity index is 1060. The molecule has 2 aromatic rings. The van der Waals surface area contributed by atoms with Crippen LogP contribution in [0.1, 0.15) is 27.7 Å². The van der Waals surface area contributed by atoms with Gasteiger partial charge in [-0.3, -0.25) is 9.52 Å². The van der Waals surface area contributed by atoms with Gasteiger partial charge in [-0.15, -0.1) is 0 Å². The van der Waals surface area contributed by atoms with Gasteiger partial charge in [0.05, 0.1) is 16.8 Å². The summed E-state index contributed by atoms with van der Waals surface area (Å²) in [6.07, 6.45) is 0. The standard InChI is InChI=1S/C21H24F2N2O4S/c1-13(2)11-25-17-9-8-14(10-18(17)29-12-21(3,4)20(25)26)24-30(27,28)19-15(22)6-5-7-16(19)23/h5-10,13,24H,11-12H2,1-4H3. The van der Waals surface area contributed by atoms with E-state index in [9.17, 15) is 22.0 Å². The normalized spacial score (nSPS) is 16.1. The van der Waals surface area contributed by atoms with Crippen LogP contribution in [0.3, 0.4) is 0 Å². The van der Waals surface area contributed by atoms with E-state index < -0.39 is 32.0 Å². The minimum Gasteiger partial charge on any atom is -0.490 e. The second kappa shape index (κ2) is 7.86. The van der Waals surface area contributed by atoms with Crippen molar-refractivity contribution in [1.29, 1.82) is 0 Å². The van der Waals surface area contributed by atoms with Crippen LogP contribution < -0.4 is 14.4 Å². The van der Waals surface area contributed by atoms with Crippen LogP contribution in [0, 0.1) is 23.0 Å². The molecule has 0 atom stereocenters. The number of hydrogen-bond donors (Lipinski definition) is 1. The fraction of sp³-hybridized carbons (Fsp3) is 0.381. The Hall–Kier alpha value is -2.68. The molecular formula is C21H24F2N2O4S. The van der Waals surface area contributed by atoms with Gasteiger partial charge >= 0.3 is 0 Å². The molecule has 1 N–H and O–H groups in total. The quantitative estimate of drug-likeness (QED) is 0.760. The fourth-order valence-electron chi connectivity index (χ4n) is 3.20. The Kier molecular flexibility index (Phi) is 5.77. The van der Waals surface area contributed by atoms with Crippen molar-refractivity contribution in [3.05, 3.63) is 48.0 Å². The van der Waals surface area contributed by atoms with Crippen molar-refractivity contribution in [1.82, 2.24) is 0 Å². The molecule has 1 aliphatic rings. The maximum atomic E-state index is 13.9. The zero-order valence-electron chi connectivity index (χ0n) is 17.2. The summed E-state index contributed by atoms with van der Waals surface area (Å²) in [6, 6.07) is 7.23. The summed E-state index contributed by atoms with van der Waals surface area (Å²) in [5, 5.41) is 0. The monoisotopic (exact) mass is 438 g/mol. The van der Waals surface area contributed by atoms with E-state index in [2.05, 4.69) is 4.72 Å². The second-order valence-corrected chi connectivity index (χ2v) is 9.94. The van der Waals surface area contributed by atoms with Gasteiger partial charge in [0.15, 0.2) is 4.90 Å². The summed E-state index contributed by atoms with van der Waals surface area (Å²) in [6.45, 7) is 8.09. The molecule has 30 heavy (non-hydrogen) atoms. The molecule has 0 radical (unpaired) electrons. The highest BCUT2D eigenvalue weighted by Gasteiger charge is 2.38. The third-order valence-electron chi connectivity index (χ3n) is 4.65. The molecule has 0 bridgehead atoms. The number of sulfonamides is 1. The number of fused-ring (bicyclic) bond motifs is 1. The average Bonchev–Trinajstić information content (AvgIpc) is 2.71. The number of ether oxygens (including phenoxy) is 1. The van der Waals surface area contributed by atoms with Gasteiger partial charge in [-0.25, -0.2) is 17.2 Å². The van der Waals surface area contributed by atoms with Crippen LogP contribution in [0.4, 0.5) is 20.2 Å². The minimum absolute atomic E-state index is 0.0630. The number of carbonyl (C=O) groups is 1. The highest BCUT2D eigenvalue weighted by Crippen LogP contribution is 2.39. The molecule has 3 rings (SSSR count). The summed E-state index contributed by atoms with van der Waals surface area (Å²) in [5.41, 5.74) is -0.198. The molecule has 162 valence electrons. The molecule has 0 fully saturated rings. The number of hydrogen-bond acceptors (Lipinski definition) is 4. The molecule has 6 nitrogen and oxygen atoms in total. The summed E-state index contributed by atoms with van der Waals surface area (Å²) in [5.74, 6) is -1.98. The molecule has 0 aliphatic carbocycles. The Morgan fingerprint density at radius 2 is 1.80 bits per heavy atom. The Morgan fingerprint density at radius 3 is 2.40 bits per heavy atom. The number of amides is 1. The molecule has 1 amide bonds. The Labute approximate surface area is 174 Å². The molecule has 2 aromatic carbocycles. The Morgan fingerprint density at radius 1 is 1.17 bits per heavy atom. The third-order valence-corrected chi connectivity index (χ3v) is 6.08. The number of benzene rings is 2. The van der Waals surface area contributed by atoms with Crippen molar-refractivity contribution >= 4 is 27.3 Å². The molecule has 1 aliphatic heterocycles. The molecule has 0 unspecified atom stereocenters. The molecule has 0 saturated carbocycles. The van der Waals surface area contributed by atoms with Gasteiger partial charge < -0.3 is 9.64 Å². The van der Waals surface area contributed by atoms with Gasteiger partial charge in [-0.2, -0.15) is 0 Å². The van der Waals surface area contributed by atoms with Crippen LogP contribution in [0.2, 0.25) is 0 Å². The Balaban J connectivity index is 2.00. The van der Waals surface area contributed by atoms with Crippen molar-refractivity contribution in [2.24, 2.45) is 11.3 Å². The van der Waals surface area contributed by atoms with Gasteiger partial charge in [-0.1, -0.05) is 19.9 Å². The molecule has 0 spiro atoms. The van der Waals surface area contributed by atoms with E-state index in [4.69, 9.17) is 4.74 Å². The van der Waals surface area contributed by atoms with Gasteiger partial charge in [0.1, 0.15) is 24.0 Å². The van der Waals surface area contributed by atoms with Crippen LogP contribution in [0.15, 0.2) is 41.3 Å². The van der Waals surface area contributed by atoms with E-state index in [1.807, 2.05) is 13.8 Å². The highest BCUT2D eigenvalue weighted by atomic mass is 32.2. The number of rotatable bonds is 5. The summed E-state index contributed by atoms with van der Waals surface area (Å²) in [7, 11) is -4.51. The molecular weight excluding hydrogens is 414 g/mol. The lowest BCUT2D eigenvalue weighted by Gasteiger charge is -2.29. The molecule has 1 heterocycles. The zero-order valence-corrected chi connectivity index (χ0v) is 18.0. The van der Waals surface area contributed by atoms with E-state index in [0.717, 1.165) is 18.2 Å². The van der Waals surface area contributed by atoms with E-state index in [1.54, 1.807) is 24.8 Å². The van der Waals surface area contributed by atoms with E-state index >= 15 is 0 Å². The van der Waals surface area contributed by atoms with Crippen molar-refractivity contribution < 1.29 is 26.7 Å². The topological polar surface area (TPSA) is 75.7 Å².